The second kappa shape index (κ2) is 32.5. The Hall–Kier alpha value is -8.47. The largest absolute Gasteiger partial charge is 0.497 e. The van der Waals surface area contributed by atoms with Crippen molar-refractivity contribution >= 4 is 151 Å². The van der Waals surface area contributed by atoms with Crippen LogP contribution >= 0.6 is 48.9 Å². The van der Waals surface area contributed by atoms with Gasteiger partial charge in [-0.3, -0.25) is 38.7 Å². The van der Waals surface area contributed by atoms with E-state index in [9.17, 15) is 24.0 Å². The first kappa shape index (κ1) is 67.0. The van der Waals surface area contributed by atoms with Crippen LogP contribution in [0.1, 0.15) is 100 Å². The van der Waals surface area contributed by atoms with Crippen molar-refractivity contribution in [3.8, 4) is 5.75 Å². The van der Waals surface area contributed by atoms with Crippen molar-refractivity contribution in [1.29, 1.82) is 0 Å². The predicted molar refractivity (Wildman–Crippen MR) is 358 cm³/mol. The van der Waals surface area contributed by atoms with Gasteiger partial charge in [-0.15, -0.1) is 0 Å². The third kappa shape index (κ3) is 17.4. The number of carbonyl (C=O) groups excluding carboxylic acids is 5. The molecule has 17 nitrogen and oxygen atoms in total. The van der Waals surface area contributed by atoms with E-state index in [-0.39, 0.29) is 55.7 Å². The fraction of sp³-hybridized carbons (Fsp3) is 0.299. The first-order valence-electron chi connectivity index (χ1n) is 28.8. The molecule has 0 spiro atoms. The lowest BCUT2D eigenvalue weighted by Gasteiger charge is -2.12. The molecule has 6 aromatic rings. The molecule has 5 heterocycles. The number of aryl methyl sites for hydroxylation is 1. The minimum Gasteiger partial charge on any atom is -0.497 e. The summed E-state index contributed by atoms with van der Waals surface area (Å²) in [7, 11) is 7.15. The van der Waals surface area contributed by atoms with Crippen LogP contribution in [0.3, 0.4) is 0 Å². The van der Waals surface area contributed by atoms with Gasteiger partial charge < -0.3 is 37.7 Å². The van der Waals surface area contributed by atoms with Gasteiger partial charge in [0, 0.05) is 57.7 Å². The van der Waals surface area contributed by atoms with E-state index < -0.39 is 11.8 Å². The van der Waals surface area contributed by atoms with Gasteiger partial charge in [0.2, 0.25) is 5.91 Å². The molecule has 0 saturated carbocycles. The topological polar surface area (TPSA) is 170 Å². The van der Waals surface area contributed by atoms with Crippen LogP contribution in [-0.4, -0.2) is 124 Å². The van der Waals surface area contributed by atoms with Crippen molar-refractivity contribution in [3.05, 3.63) is 166 Å². The Kier molecular flexibility index (Phi) is 24.8. The summed E-state index contributed by atoms with van der Waals surface area (Å²) in [6.07, 6.45) is 15.7. The SMILES string of the molecule is CCCCCCCN1C(=O)/C(=C\c2ccc(N(C)C)cc2)OC1=S.CCCCc1ccccc1/C=C1/OC(=S)N(CCOC)C1=O.CCN1C(=O)/C(=C\c2ccc3oc4ccccc4c3c2)OC1=S.COc1ccc(/C=C2/OC(=S)N(C(C)=O)C2=O)cc1. The zero-order chi connectivity index (χ0) is 63.4. The molecule has 0 unspecified atom stereocenters. The smallest absolute Gasteiger partial charge is 0.303 e. The standard InChI is InChI=1S/C19H26N2O2S.C18H13NO3S.C17H21NO3S.C13H11NO4S/c1-4-5-6-7-8-13-21-18(22)17(23-19(21)24)14-15-9-11-16(12-10-15)20(2)3;1-2-19-17(20)16(22-18(19)23)10-11-7-8-15-13(9-11)12-5-3-4-6-14(12)21-15;1-3-4-7-13-8-5-6-9-14(13)12-15-16(19)18(10-11-20-2)17(22)21-15;1-8(15)14-12(16)11(18-13(14)19)7-9-3-5-10(17-2)6-4-9/h9-12,14H,4-8,13H2,1-3H3;3-10H,2H2,1H3;5-6,8-9,12H,3-4,7,10-11H2,1-2H3;3-7H,1-2H3/b17-14+;16-10+;15-12+;11-7+. The molecule has 10 rings (SSSR count). The summed E-state index contributed by atoms with van der Waals surface area (Å²) in [6.45, 7) is 9.44. The molecular weight excluding hydrogens is 1200 g/mol. The molecule has 0 bridgehead atoms. The van der Waals surface area contributed by atoms with E-state index in [1.165, 1.54) is 47.6 Å². The van der Waals surface area contributed by atoms with Gasteiger partial charge in [0.15, 0.2) is 23.0 Å². The number of amides is 5. The number of thiocarbonyl (C=S) groups is 4. The Morgan fingerprint density at radius 2 is 1.05 bits per heavy atom. The number of benzene rings is 5. The maximum atomic E-state index is 12.5. The highest BCUT2D eigenvalue weighted by atomic mass is 32.1. The Labute approximate surface area is 534 Å². The van der Waals surface area contributed by atoms with Gasteiger partial charge in [-0.25, -0.2) is 4.90 Å². The molecule has 460 valence electrons. The third-order valence-corrected chi connectivity index (χ3v) is 15.2. The lowest BCUT2D eigenvalue weighted by molar-refractivity contribution is -0.135. The van der Waals surface area contributed by atoms with Crippen LogP contribution in [0.15, 0.2) is 143 Å². The Bertz CT molecular complexity index is 3700. The van der Waals surface area contributed by atoms with Crippen LogP contribution in [0.25, 0.3) is 46.2 Å². The number of ether oxygens (including phenoxy) is 6. The van der Waals surface area contributed by atoms with Gasteiger partial charge in [-0.2, -0.15) is 0 Å². The second-order valence-corrected chi connectivity index (χ2v) is 21.8. The summed E-state index contributed by atoms with van der Waals surface area (Å²) in [5.74, 6) is 0.0444. The monoisotopic (exact) mass is 1270 g/mol. The number of unbranched alkanes of at least 4 members (excludes halogenated alkanes) is 5. The predicted octanol–water partition coefficient (Wildman–Crippen LogP) is 13.2. The van der Waals surface area contributed by atoms with E-state index in [1.807, 2.05) is 111 Å². The van der Waals surface area contributed by atoms with E-state index in [2.05, 4.69) is 19.9 Å². The van der Waals surface area contributed by atoms with E-state index in [0.717, 1.165) is 86.9 Å². The molecule has 0 aliphatic carbocycles. The number of carbonyl (C=O) groups is 5. The Morgan fingerprint density at radius 3 is 1.62 bits per heavy atom. The number of fused-ring (bicyclic) bond motifs is 3. The zero-order valence-electron chi connectivity index (χ0n) is 50.5. The molecular formula is C67H71N5O12S4. The number of likely N-dealkylation sites (N-methyl/N-ethyl adjacent to an activating group) is 1. The van der Waals surface area contributed by atoms with Crippen LogP contribution in [-0.2, 0) is 54.1 Å². The van der Waals surface area contributed by atoms with Crippen LogP contribution in [0, 0.1) is 0 Å². The van der Waals surface area contributed by atoms with Crippen LogP contribution in [0.2, 0.25) is 0 Å². The number of imide groups is 1. The molecule has 4 aliphatic heterocycles. The Balaban J connectivity index is 0.000000168. The maximum absolute atomic E-state index is 12.5. The maximum Gasteiger partial charge on any atom is 0.303 e. The van der Waals surface area contributed by atoms with Crippen molar-refractivity contribution < 1.29 is 56.8 Å². The van der Waals surface area contributed by atoms with Crippen LogP contribution in [0.4, 0.5) is 5.69 Å². The van der Waals surface area contributed by atoms with Gasteiger partial charge in [-0.1, -0.05) is 119 Å². The van der Waals surface area contributed by atoms with Gasteiger partial charge in [-0.05, 0) is 170 Å². The number of hydrogen-bond donors (Lipinski definition) is 0. The summed E-state index contributed by atoms with van der Waals surface area (Å²) in [6, 6.07) is 36.7. The van der Waals surface area contributed by atoms with E-state index in [1.54, 1.807) is 61.6 Å². The second-order valence-electron chi connectivity index (χ2n) is 20.5. The van der Waals surface area contributed by atoms with Gasteiger partial charge >= 0.3 is 5.91 Å². The molecule has 5 amide bonds. The lowest BCUT2D eigenvalue weighted by Crippen LogP contribution is -2.32. The molecule has 0 N–H and O–H groups in total. The number of nitrogens with zero attached hydrogens (tertiary/aromatic N) is 5. The fourth-order valence-electron chi connectivity index (χ4n) is 9.22. The van der Waals surface area contributed by atoms with Crippen LogP contribution < -0.4 is 9.64 Å². The quantitative estimate of drug-likeness (QED) is 0.0426. The highest BCUT2D eigenvalue weighted by Gasteiger charge is 2.37. The minimum absolute atomic E-state index is 0.0327. The Morgan fingerprint density at radius 1 is 0.534 bits per heavy atom. The molecule has 88 heavy (non-hydrogen) atoms. The van der Waals surface area contributed by atoms with Crippen LogP contribution in [0.5, 0.6) is 5.75 Å². The fourth-order valence-corrected chi connectivity index (χ4v) is 10.4. The molecule has 4 fully saturated rings. The number of rotatable bonds is 19. The molecule has 21 heteroatoms. The summed E-state index contributed by atoms with van der Waals surface area (Å²) in [4.78, 5) is 67.4. The van der Waals surface area contributed by atoms with E-state index in [4.69, 9.17) is 81.7 Å². The van der Waals surface area contributed by atoms with Crippen molar-refractivity contribution in [2.75, 3.05) is 59.5 Å². The zero-order valence-corrected chi connectivity index (χ0v) is 53.8. The molecule has 0 atom stereocenters. The van der Waals surface area contributed by atoms with Crippen molar-refractivity contribution in [2.24, 2.45) is 0 Å². The lowest BCUT2D eigenvalue weighted by atomic mass is 10.0. The first-order valence-corrected chi connectivity index (χ1v) is 30.5. The molecule has 1 aromatic heterocycles. The first-order chi connectivity index (χ1) is 42.4. The van der Waals surface area contributed by atoms with Gasteiger partial charge in [0.1, 0.15) is 16.9 Å². The number of para-hydroxylation sites is 1. The summed E-state index contributed by atoms with van der Waals surface area (Å²) in [5.41, 5.74) is 7.55. The van der Waals surface area contributed by atoms with Crippen molar-refractivity contribution in [1.82, 2.24) is 19.6 Å². The number of anilines is 1. The number of methoxy groups -OCH3 is 2. The van der Waals surface area contributed by atoms with E-state index in [0.29, 0.717) is 37.7 Å². The minimum atomic E-state index is -0.548. The van der Waals surface area contributed by atoms with Crippen molar-refractivity contribution in [3.63, 3.8) is 0 Å². The van der Waals surface area contributed by atoms with Gasteiger partial charge in [0.25, 0.3) is 38.4 Å². The van der Waals surface area contributed by atoms with E-state index >= 15 is 0 Å². The summed E-state index contributed by atoms with van der Waals surface area (Å²) >= 11 is 20.2. The average molecular weight is 1270 g/mol. The molecule has 5 aromatic carbocycles. The van der Waals surface area contributed by atoms with Crippen molar-refractivity contribution in [2.45, 2.75) is 79.1 Å². The third-order valence-electron chi connectivity index (χ3n) is 14.0. The highest BCUT2D eigenvalue weighted by molar-refractivity contribution is 7.80. The summed E-state index contributed by atoms with van der Waals surface area (Å²) in [5, 5.41) is 2.59. The highest BCUT2D eigenvalue weighted by Crippen LogP contribution is 2.31. The molecule has 4 saturated heterocycles. The molecule has 4 aliphatic rings. The normalized spacial score (nSPS) is 16.5. The molecule has 0 radical (unpaired) electrons. The van der Waals surface area contributed by atoms with Gasteiger partial charge in [0.05, 0.1) is 20.3 Å². The number of hydrogen-bond acceptors (Lipinski definition) is 17. The average Bonchev–Trinajstić information content (AvgIpc) is 3.62. The summed E-state index contributed by atoms with van der Waals surface area (Å²) < 4.78 is 37.3. The number of furan rings is 1.